The molecule has 0 radical (unpaired) electrons. The van der Waals surface area contributed by atoms with E-state index in [4.69, 9.17) is 0 Å². The van der Waals surface area contributed by atoms with E-state index in [0.29, 0.717) is 18.5 Å². The van der Waals surface area contributed by atoms with Crippen molar-refractivity contribution in [3.8, 4) is 5.75 Å². The van der Waals surface area contributed by atoms with Gasteiger partial charge in [-0.1, -0.05) is 31.9 Å². The average molecular weight is 403 g/mol. The van der Waals surface area contributed by atoms with E-state index in [-0.39, 0.29) is 39.1 Å². The van der Waals surface area contributed by atoms with E-state index in [1.54, 1.807) is 12.1 Å². The van der Waals surface area contributed by atoms with Gasteiger partial charge in [0.1, 0.15) is 5.75 Å². The summed E-state index contributed by atoms with van der Waals surface area (Å²) in [7, 11) is 0. The van der Waals surface area contributed by atoms with Crippen LogP contribution < -0.4 is 4.90 Å². The quantitative estimate of drug-likeness (QED) is 0.580. The molecule has 0 spiro atoms. The van der Waals surface area contributed by atoms with Gasteiger partial charge < -0.3 is 5.11 Å². The molecule has 6 heteroatoms. The number of hydrogen-bond donors (Lipinski definition) is 1. The number of phenolic OH excluding ortho intramolecular Hbond substituents is 1. The number of hydrogen-bond acceptors (Lipinski definition) is 3. The van der Waals surface area contributed by atoms with E-state index < -0.39 is 0 Å². The maximum absolute atomic E-state index is 12.5. The zero-order chi connectivity index (χ0) is 14.4. The van der Waals surface area contributed by atoms with Crippen LogP contribution in [0.15, 0.2) is 24.3 Å². The largest absolute Gasteiger partial charge is 0.508 e. The monoisotopic (exact) mass is 401 g/mol. The molecule has 0 bridgehead atoms. The number of rotatable bonds is 1. The third kappa shape index (κ3) is 2.19. The highest BCUT2D eigenvalue weighted by Gasteiger charge is 2.52. The van der Waals surface area contributed by atoms with Crippen molar-refractivity contribution in [2.24, 2.45) is 11.8 Å². The number of nitrogens with zero attached hydrogens (tertiary/aromatic N) is 1. The van der Waals surface area contributed by atoms with Gasteiger partial charge in [0, 0.05) is 9.65 Å². The van der Waals surface area contributed by atoms with Crippen molar-refractivity contribution in [1.29, 1.82) is 0 Å². The highest BCUT2D eigenvalue weighted by Crippen LogP contribution is 2.44. The molecular formula is C14H13Br2NO3. The number of anilines is 1. The summed E-state index contributed by atoms with van der Waals surface area (Å²) in [5, 5.41) is 9.31. The molecule has 1 saturated heterocycles. The lowest BCUT2D eigenvalue weighted by Gasteiger charge is -2.29. The molecule has 1 saturated carbocycles. The standard InChI is InChI=1S/C14H13Br2NO3/c15-11-5-9-10(6-12(11)16)14(20)17(13(9)19)7-1-3-8(18)4-2-7/h1-4,9-12,18H,5-6H2/t9-,10+,11+,12-. The molecule has 2 fully saturated rings. The maximum Gasteiger partial charge on any atom is 0.237 e. The second kappa shape index (κ2) is 5.15. The van der Waals surface area contributed by atoms with Crippen molar-refractivity contribution >= 4 is 49.4 Å². The molecule has 0 aromatic heterocycles. The molecular weight excluding hydrogens is 390 g/mol. The van der Waals surface area contributed by atoms with Gasteiger partial charge in [-0.3, -0.25) is 14.5 Å². The molecule has 4 nitrogen and oxygen atoms in total. The van der Waals surface area contributed by atoms with Crippen LogP contribution in [0.3, 0.4) is 0 Å². The number of aromatic hydroxyl groups is 1. The number of imide groups is 1. The van der Waals surface area contributed by atoms with E-state index in [9.17, 15) is 14.7 Å². The lowest BCUT2D eigenvalue weighted by Crippen LogP contribution is -2.34. The molecule has 1 aliphatic heterocycles. The highest BCUT2D eigenvalue weighted by molar-refractivity contribution is 9.12. The zero-order valence-electron chi connectivity index (χ0n) is 10.5. The molecule has 1 aromatic carbocycles. The molecule has 1 N–H and O–H groups in total. The second-order valence-electron chi connectivity index (χ2n) is 5.24. The van der Waals surface area contributed by atoms with Crippen molar-refractivity contribution in [2.75, 3.05) is 4.90 Å². The van der Waals surface area contributed by atoms with Crippen LogP contribution >= 0.6 is 31.9 Å². The van der Waals surface area contributed by atoms with Gasteiger partial charge in [0.15, 0.2) is 0 Å². The summed E-state index contributed by atoms with van der Waals surface area (Å²) in [5.41, 5.74) is 0.532. The fraction of sp³-hybridized carbons (Fsp3) is 0.429. The third-order valence-electron chi connectivity index (χ3n) is 4.02. The van der Waals surface area contributed by atoms with Gasteiger partial charge in [-0.2, -0.15) is 0 Å². The molecule has 1 aliphatic carbocycles. The Kier molecular flexibility index (Phi) is 3.62. The maximum atomic E-state index is 12.5. The van der Waals surface area contributed by atoms with E-state index in [1.807, 2.05) is 0 Å². The van der Waals surface area contributed by atoms with Crippen molar-refractivity contribution in [3.05, 3.63) is 24.3 Å². The normalized spacial score (nSPS) is 33.4. The molecule has 2 aliphatic rings. The van der Waals surface area contributed by atoms with Crippen molar-refractivity contribution < 1.29 is 14.7 Å². The van der Waals surface area contributed by atoms with Crippen LogP contribution in [0.1, 0.15) is 12.8 Å². The SMILES string of the molecule is O=C1[C@H]2C[C@@H](Br)[C@@H](Br)C[C@H]2C(=O)N1c1ccc(O)cc1. The van der Waals surface area contributed by atoms with Crippen LogP contribution in [-0.2, 0) is 9.59 Å². The Hall–Kier alpha value is -0.880. The van der Waals surface area contributed by atoms with Gasteiger partial charge >= 0.3 is 0 Å². The van der Waals surface area contributed by atoms with Crippen molar-refractivity contribution in [3.63, 3.8) is 0 Å². The first-order chi connectivity index (χ1) is 9.49. The molecule has 1 aromatic rings. The topological polar surface area (TPSA) is 57.6 Å². The number of alkyl halides is 2. The van der Waals surface area contributed by atoms with Gasteiger partial charge in [-0.15, -0.1) is 0 Å². The number of benzene rings is 1. The Balaban J connectivity index is 1.93. The number of fused-ring (bicyclic) bond motifs is 1. The zero-order valence-corrected chi connectivity index (χ0v) is 13.7. The minimum absolute atomic E-state index is 0.117. The molecule has 106 valence electrons. The second-order valence-corrected chi connectivity index (χ2v) is 7.60. The first-order valence-corrected chi connectivity index (χ1v) is 8.27. The smallest absolute Gasteiger partial charge is 0.237 e. The van der Waals surface area contributed by atoms with Crippen LogP contribution in [0, 0.1) is 11.8 Å². The van der Waals surface area contributed by atoms with Gasteiger partial charge in [0.25, 0.3) is 0 Å². The Morgan fingerprint density at radius 2 is 1.40 bits per heavy atom. The minimum Gasteiger partial charge on any atom is -0.508 e. The van der Waals surface area contributed by atoms with E-state index >= 15 is 0 Å². The summed E-state index contributed by atoms with van der Waals surface area (Å²) in [6, 6.07) is 6.16. The number of phenols is 1. The van der Waals surface area contributed by atoms with Crippen LogP contribution in [0.2, 0.25) is 0 Å². The Bertz CT molecular complexity index is 532. The highest BCUT2D eigenvalue weighted by atomic mass is 79.9. The summed E-state index contributed by atoms with van der Waals surface area (Å²) in [4.78, 5) is 26.7. The van der Waals surface area contributed by atoms with Crippen LogP contribution in [0.25, 0.3) is 0 Å². The van der Waals surface area contributed by atoms with Gasteiger partial charge in [0.2, 0.25) is 11.8 Å². The summed E-state index contributed by atoms with van der Waals surface area (Å²) < 4.78 is 0. The average Bonchev–Trinajstić information content (AvgIpc) is 2.65. The van der Waals surface area contributed by atoms with Crippen molar-refractivity contribution in [1.82, 2.24) is 0 Å². The van der Waals surface area contributed by atoms with Crippen LogP contribution in [0.4, 0.5) is 5.69 Å². The Labute approximate surface area is 133 Å². The number of carbonyl (C=O) groups is 2. The van der Waals surface area contributed by atoms with Gasteiger partial charge in [-0.05, 0) is 37.1 Å². The lowest BCUT2D eigenvalue weighted by molar-refractivity contribution is -0.122. The first-order valence-electron chi connectivity index (χ1n) is 6.44. The summed E-state index contributed by atoms with van der Waals surface area (Å²) in [6.07, 6.45) is 1.33. The van der Waals surface area contributed by atoms with Crippen LogP contribution in [0.5, 0.6) is 5.75 Å². The molecule has 4 atom stereocenters. The van der Waals surface area contributed by atoms with E-state index in [2.05, 4.69) is 31.9 Å². The Morgan fingerprint density at radius 3 is 1.85 bits per heavy atom. The number of carbonyl (C=O) groups excluding carboxylic acids is 2. The molecule has 1 heterocycles. The van der Waals surface area contributed by atoms with Crippen molar-refractivity contribution in [2.45, 2.75) is 22.5 Å². The summed E-state index contributed by atoms with van der Waals surface area (Å²) >= 11 is 7.12. The summed E-state index contributed by atoms with van der Waals surface area (Å²) in [5.74, 6) is -0.626. The molecule has 0 unspecified atom stereocenters. The molecule has 2 amide bonds. The predicted molar refractivity (Wildman–Crippen MR) is 82.2 cm³/mol. The number of halogens is 2. The predicted octanol–water partition coefficient (Wildman–Crippen LogP) is 2.82. The summed E-state index contributed by atoms with van der Waals surface area (Å²) in [6.45, 7) is 0. The first kappa shape index (κ1) is 14.1. The lowest BCUT2D eigenvalue weighted by atomic mass is 9.81. The van der Waals surface area contributed by atoms with Crippen LogP contribution in [-0.4, -0.2) is 26.6 Å². The fourth-order valence-corrected chi connectivity index (χ4v) is 4.19. The Morgan fingerprint density at radius 1 is 0.950 bits per heavy atom. The third-order valence-corrected chi connectivity index (χ3v) is 6.75. The fourth-order valence-electron chi connectivity index (χ4n) is 2.95. The van der Waals surface area contributed by atoms with E-state index in [0.717, 1.165) is 0 Å². The van der Waals surface area contributed by atoms with E-state index in [1.165, 1.54) is 17.0 Å². The molecule has 20 heavy (non-hydrogen) atoms. The van der Waals surface area contributed by atoms with Gasteiger partial charge in [-0.25, -0.2) is 0 Å². The van der Waals surface area contributed by atoms with Gasteiger partial charge in [0.05, 0.1) is 17.5 Å². The molecule has 3 rings (SSSR count). The number of amides is 2. The minimum atomic E-state index is -0.241.